The predicted octanol–water partition coefficient (Wildman–Crippen LogP) is 1.82. The van der Waals surface area contributed by atoms with E-state index in [1.165, 1.54) is 6.07 Å². The maximum Gasteiger partial charge on any atom is 0.418 e. The number of nitrogens with zero attached hydrogens (tertiary/aromatic N) is 1. The second-order valence-electron chi connectivity index (χ2n) is 3.99. The molecule has 1 fully saturated rings. The zero-order valence-corrected chi connectivity index (χ0v) is 10.2. The molecule has 2 amide bonds. The Morgan fingerprint density at radius 2 is 1.74 bits per heavy atom. The highest BCUT2D eigenvalue weighted by Gasteiger charge is 2.36. The third-order valence-electron chi connectivity index (χ3n) is 2.55. The highest BCUT2D eigenvalue weighted by atomic mass is 35.5. The quantitative estimate of drug-likeness (QED) is 0.803. The van der Waals surface area contributed by atoms with Gasteiger partial charge < -0.3 is 4.90 Å². The van der Waals surface area contributed by atoms with Crippen molar-refractivity contribution in [3.05, 3.63) is 28.8 Å². The summed E-state index contributed by atoms with van der Waals surface area (Å²) in [7, 11) is 0. The molecule has 1 N–H and O–H groups in total. The molecule has 0 saturated carbocycles. The molecule has 1 saturated heterocycles. The molecule has 1 aliphatic heterocycles. The van der Waals surface area contributed by atoms with Crippen molar-refractivity contribution in [3.8, 4) is 0 Å². The van der Waals surface area contributed by atoms with E-state index in [2.05, 4.69) is 0 Å². The van der Waals surface area contributed by atoms with Gasteiger partial charge in [0, 0.05) is 10.7 Å². The van der Waals surface area contributed by atoms with Crippen LogP contribution < -0.4 is 10.2 Å². The molecule has 1 aromatic rings. The fraction of sp³-hybridized carbons (Fsp3) is 0.273. The summed E-state index contributed by atoms with van der Waals surface area (Å²) in [6, 6.07) is 3.20. The van der Waals surface area contributed by atoms with E-state index in [0.29, 0.717) is 0 Å². The average Bonchev–Trinajstić information content (AvgIpc) is 2.26. The van der Waals surface area contributed by atoms with E-state index in [4.69, 9.17) is 11.6 Å². The molecule has 0 aliphatic carbocycles. The van der Waals surface area contributed by atoms with E-state index < -0.39 is 23.6 Å². The molecule has 0 radical (unpaired) electrons. The molecule has 0 atom stereocenters. The van der Waals surface area contributed by atoms with E-state index in [1.54, 1.807) is 0 Å². The summed E-state index contributed by atoms with van der Waals surface area (Å²) in [5.41, 5.74) is -1.21. The van der Waals surface area contributed by atoms with Crippen molar-refractivity contribution >= 4 is 29.1 Å². The van der Waals surface area contributed by atoms with Gasteiger partial charge in [-0.3, -0.25) is 14.9 Å². The van der Waals surface area contributed by atoms with Gasteiger partial charge in [-0.1, -0.05) is 11.6 Å². The number of piperazine rings is 1. The Labute approximate surface area is 111 Å². The van der Waals surface area contributed by atoms with Gasteiger partial charge in [-0.05, 0) is 18.2 Å². The zero-order chi connectivity index (χ0) is 14.2. The highest BCUT2D eigenvalue weighted by molar-refractivity contribution is 6.30. The van der Waals surface area contributed by atoms with Crippen LogP contribution >= 0.6 is 11.6 Å². The second-order valence-corrected chi connectivity index (χ2v) is 4.42. The number of alkyl halides is 3. The van der Waals surface area contributed by atoms with Gasteiger partial charge in [0.15, 0.2) is 0 Å². The van der Waals surface area contributed by atoms with Crippen molar-refractivity contribution in [1.29, 1.82) is 0 Å². The minimum absolute atomic E-state index is 0.0659. The summed E-state index contributed by atoms with van der Waals surface area (Å²) in [6.07, 6.45) is -4.61. The topological polar surface area (TPSA) is 49.4 Å². The largest absolute Gasteiger partial charge is 0.418 e. The van der Waals surface area contributed by atoms with E-state index in [0.717, 1.165) is 17.0 Å². The molecule has 1 heterocycles. The van der Waals surface area contributed by atoms with Crippen LogP contribution in [0.3, 0.4) is 0 Å². The third-order valence-corrected chi connectivity index (χ3v) is 2.79. The van der Waals surface area contributed by atoms with Crippen molar-refractivity contribution in [2.24, 2.45) is 0 Å². The number of halogens is 4. The normalized spacial score (nSPS) is 16.5. The number of imide groups is 1. The SMILES string of the molecule is O=C1CN(c2ccc(Cl)cc2C(F)(F)F)CC(=O)N1. The lowest BCUT2D eigenvalue weighted by atomic mass is 10.1. The average molecular weight is 293 g/mol. The van der Waals surface area contributed by atoms with Crippen molar-refractivity contribution in [3.63, 3.8) is 0 Å². The van der Waals surface area contributed by atoms with Crippen LogP contribution in [0.15, 0.2) is 18.2 Å². The summed E-state index contributed by atoms with van der Waals surface area (Å²) < 4.78 is 38.7. The van der Waals surface area contributed by atoms with E-state index in [9.17, 15) is 22.8 Å². The Bertz CT molecular complexity index is 529. The Balaban J connectivity index is 2.44. The number of carbonyl (C=O) groups is 2. The molecule has 0 aromatic heterocycles. The van der Waals surface area contributed by atoms with Gasteiger partial charge in [-0.2, -0.15) is 13.2 Å². The van der Waals surface area contributed by atoms with Crippen LogP contribution in [0.1, 0.15) is 5.56 Å². The van der Waals surface area contributed by atoms with Gasteiger partial charge in [0.1, 0.15) is 0 Å². The molecule has 19 heavy (non-hydrogen) atoms. The summed E-state index contributed by atoms with van der Waals surface area (Å²) in [5.74, 6) is -1.28. The predicted molar refractivity (Wildman–Crippen MR) is 61.8 cm³/mol. The standard InChI is InChI=1S/C11H8ClF3N2O2/c12-6-1-2-8(7(3-6)11(13,14)15)17-4-9(18)16-10(19)5-17/h1-3H,4-5H2,(H,16,18,19). The van der Waals surface area contributed by atoms with E-state index >= 15 is 0 Å². The maximum absolute atomic E-state index is 12.9. The maximum atomic E-state index is 12.9. The molecule has 1 aromatic carbocycles. The van der Waals surface area contributed by atoms with Crippen LogP contribution in [0.5, 0.6) is 0 Å². The zero-order valence-electron chi connectivity index (χ0n) is 9.42. The Morgan fingerprint density at radius 3 is 2.26 bits per heavy atom. The Hall–Kier alpha value is -1.76. The van der Waals surface area contributed by atoms with Crippen molar-refractivity contribution in [2.45, 2.75) is 6.18 Å². The molecule has 0 spiro atoms. The first-order valence-electron chi connectivity index (χ1n) is 5.22. The third kappa shape index (κ3) is 2.98. The highest BCUT2D eigenvalue weighted by Crippen LogP contribution is 2.38. The first kappa shape index (κ1) is 13.7. The molecule has 0 unspecified atom stereocenters. The Morgan fingerprint density at radius 1 is 1.16 bits per heavy atom. The van der Waals surface area contributed by atoms with Crippen molar-refractivity contribution in [1.82, 2.24) is 5.32 Å². The van der Waals surface area contributed by atoms with Gasteiger partial charge in [-0.25, -0.2) is 0 Å². The number of benzene rings is 1. The van der Waals surface area contributed by atoms with Crippen LogP contribution in [-0.4, -0.2) is 24.9 Å². The molecule has 2 rings (SSSR count). The van der Waals surface area contributed by atoms with Gasteiger partial charge in [0.2, 0.25) is 11.8 Å². The molecule has 0 bridgehead atoms. The first-order chi connectivity index (χ1) is 8.77. The van der Waals surface area contributed by atoms with Crippen molar-refractivity contribution < 1.29 is 22.8 Å². The monoisotopic (exact) mass is 292 g/mol. The number of amides is 2. The van der Waals surface area contributed by atoms with E-state index in [-0.39, 0.29) is 23.8 Å². The lowest BCUT2D eigenvalue weighted by Gasteiger charge is -2.29. The molecule has 102 valence electrons. The minimum Gasteiger partial charge on any atom is -0.352 e. The number of anilines is 1. The van der Waals surface area contributed by atoms with Gasteiger partial charge in [0.05, 0.1) is 18.7 Å². The number of hydrogen-bond acceptors (Lipinski definition) is 3. The molecule has 1 aliphatic rings. The summed E-state index contributed by atoms with van der Waals surface area (Å²) >= 11 is 5.55. The van der Waals surface area contributed by atoms with E-state index in [1.807, 2.05) is 5.32 Å². The molecular weight excluding hydrogens is 285 g/mol. The molecular formula is C11H8ClF3N2O2. The smallest absolute Gasteiger partial charge is 0.352 e. The minimum atomic E-state index is -4.61. The summed E-state index contributed by atoms with van der Waals surface area (Å²) in [5, 5.41) is 1.96. The van der Waals surface area contributed by atoms with Gasteiger partial charge >= 0.3 is 6.18 Å². The summed E-state index contributed by atoms with van der Waals surface area (Å²) in [4.78, 5) is 23.5. The van der Waals surface area contributed by atoms with Crippen LogP contribution in [0.4, 0.5) is 18.9 Å². The number of nitrogens with one attached hydrogen (secondary N) is 1. The number of rotatable bonds is 1. The molecule has 8 heteroatoms. The van der Waals surface area contributed by atoms with Crippen LogP contribution in [-0.2, 0) is 15.8 Å². The van der Waals surface area contributed by atoms with Crippen LogP contribution in [0.25, 0.3) is 0 Å². The van der Waals surface area contributed by atoms with Gasteiger partial charge in [-0.15, -0.1) is 0 Å². The first-order valence-corrected chi connectivity index (χ1v) is 5.59. The fourth-order valence-corrected chi connectivity index (χ4v) is 1.99. The number of carbonyl (C=O) groups excluding carboxylic acids is 2. The van der Waals surface area contributed by atoms with Crippen LogP contribution in [0.2, 0.25) is 5.02 Å². The second kappa shape index (κ2) is 4.73. The fourth-order valence-electron chi connectivity index (χ4n) is 1.82. The van der Waals surface area contributed by atoms with Gasteiger partial charge in [0.25, 0.3) is 0 Å². The lowest BCUT2D eigenvalue weighted by Crippen LogP contribution is -2.51. The molecule has 4 nitrogen and oxygen atoms in total. The number of hydrogen-bond donors (Lipinski definition) is 1. The lowest BCUT2D eigenvalue weighted by molar-refractivity contribution is -0.138. The van der Waals surface area contributed by atoms with Crippen LogP contribution in [0, 0.1) is 0 Å². The van der Waals surface area contributed by atoms with Crippen molar-refractivity contribution in [2.75, 3.05) is 18.0 Å². The Kier molecular flexibility index (Phi) is 3.40. The summed E-state index contributed by atoms with van der Waals surface area (Å²) in [6.45, 7) is -0.618.